The summed E-state index contributed by atoms with van der Waals surface area (Å²) in [6, 6.07) is 6.89. The first kappa shape index (κ1) is 14.8. The molecule has 1 rings (SSSR count). The van der Waals surface area contributed by atoms with E-state index in [1.54, 1.807) is 45.2 Å². The number of aliphatic hydroxyl groups is 1. The summed E-state index contributed by atoms with van der Waals surface area (Å²) in [5.74, 6) is 0.365. The van der Waals surface area contributed by atoms with Gasteiger partial charge in [0.05, 0.1) is 6.10 Å². The van der Waals surface area contributed by atoms with Crippen LogP contribution >= 0.6 is 11.6 Å². The first-order chi connectivity index (χ1) is 8.40. The number of ether oxygens (including phenoxy) is 1. The Kier molecular flexibility index (Phi) is 5.44. The molecule has 1 N–H and O–H groups in total. The van der Waals surface area contributed by atoms with Crippen LogP contribution in [0.3, 0.4) is 0 Å². The quantitative estimate of drug-likeness (QED) is 0.890. The molecule has 0 saturated carbocycles. The van der Waals surface area contributed by atoms with Crippen molar-refractivity contribution in [2.24, 2.45) is 0 Å². The zero-order valence-electron chi connectivity index (χ0n) is 10.8. The Morgan fingerprint density at radius 2 is 2.17 bits per heavy atom. The summed E-state index contributed by atoms with van der Waals surface area (Å²) in [5.41, 5.74) is 0. The minimum absolute atomic E-state index is 0.184. The molecule has 0 heterocycles. The molecule has 2 unspecified atom stereocenters. The number of benzene rings is 1. The molecule has 2 atom stereocenters. The fourth-order valence-corrected chi connectivity index (χ4v) is 1.77. The maximum atomic E-state index is 11.9. The van der Waals surface area contributed by atoms with Gasteiger partial charge in [-0.25, -0.2) is 0 Å². The number of nitrogens with zero attached hydrogens (tertiary/aromatic N) is 1. The van der Waals surface area contributed by atoms with Crippen molar-refractivity contribution in [2.45, 2.75) is 26.1 Å². The van der Waals surface area contributed by atoms with Gasteiger partial charge in [-0.15, -0.1) is 0 Å². The highest BCUT2D eigenvalue weighted by atomic mass is 35.5. The normalized spacial score (nSPS) is 13.8. The number of rotatable bonds is 5. The van der Waals surface area contributed by atoms with Gasteiger partial charge in [-0.2, -0.15) is 0 Å². The highest BCUT2D eigenvalue weighted by molar-refractivity contribution is 6.30. The predicted octanol–water partition coefficient (Wildman–Crippen LogP) is 1.95. The van der Waals surface area contributed by atoms with Gasteiger partial charge in [0.1, 0.15) is 5.75 Å². The van der Waals surface area contributed by atoms with E-state index in [4.69, 9.17) is 16.3 Å². The monoisotopic (exact) mass is 271 g/mol. The van der Waals surface area contributed by atoms with Gasteiger partial charge >= 0.3 is 0 Å². The third-order valence-electron chi connectivity index (χ3n) is 2.37. The highest BCUT2D eigenvalue weighted by Crippen LogP contribution is 2.18. The molecule has 0 aliphatic heterocycles. The Bertz CT molecular complexity index is 409. The molecule has 1 aromatic rings. The molecule has 0 saturated heterocycles. The van der Waals surface area contributed by atoms with Gasteiger partial charge in [0.15, 0.2) is 6.10 Å². The summed E-state index contributed by atoms with van der Waals surface area (Å²) in [6.45, 7) is 3.58. The van der Waals surface area contributed by atoms with E-state index in [2.05, 4.69) is 0 Å². The third-order valence-corrected chi connectivity index (χ3v) is 2.61. The molecular formula is C13H18ClNO3. The van der Waals surface area contributed by atoms with Crippen LogP contribution in [0.1, 0.15) is 13.8 Å². The lowest BCUT2D eigenvalue weighted by Crippen LogP contribution is -2.41. The fraction of sp³-hybridized carbons (Fsp3) is 0.462. The summed E-state index contributed by atoms with van der Waals surface area (Å²) in [5, 5.41) is 9.79. The molecule has 0 aliphatic carbocycles. The smallest absolute Gasteiger partial charge is 0.263 e. The zero-order valence-corrected chi connectivity index (χ0v) is 11.5. The van der Waals surface area contributed by atoms with Crippen molar-refractivity contribution in [3.05, 3.63) is 29.3 Å². The number of hydrogen-bond acceptors (Lipinski definition) is 3. The summed E-state index contributed by atoms with van der Waals surface area (Å²) in [6.07, 6.45) is -1.18. The largest absolute Gasteiger partial charge is 0.481 e. The van der Waals surface area contributed by atoms with E-state index in [0.717, 1.165) is 0 Å². The van der Waals surface area contributed by atoms with Crippen LogP contribution in [0.4, 0.5) is 0 Å². The maximum absolute atomic E-state index is 11.9. The van der Waals surface area contributed by atoms with Crippen LogP contribution in [0.2, 0.25) is 5.02 Å². The van der Waals surface area contributed by atoms with Crippen LogP contribution in [-0.4, -0.2) is 41.7 Å². The van der Waals surface area contributed by atoms with Gasteiger partial charge < -0.3 is 14.7 Å². The van der Waals surface area contributed by atoms with Crippen molar-refractivity contribution in [1.29, 1.82) is 0 Å². The Morgan fingerprint density at radius 1 is 1.50 bits per heavy atom. The number of carbonyl (C=O) groups is 1. The van der Waals surface area contributed by atoms with Crippen LogP contribution in [0.25, 0.3) is 0 Å². The molecule has 18 heavy (non-hydrogen) atoms. The fourth-order valence-electron chi connectivity index (χ4n) is 1.59. The van der Waals surface area contributed by atoms with Crippen molar-refractivity contribution in [3.63, 3.8) is 0 Å². The molecule has 0 aliphatic rings. The summed E-state index contributed by atoms with van der Waals surface area (Å²) in [7, 11) is 1.63. The minimum atomic E-state index is -0.618. The van der Waals surface area contributed by atoms with Crippen molar-refractivity contribution in [2.75, 3.05) is 13.6 Å². The Labute approximate surface area is 112 Å². The summed E-state index contributed by atoms with van der Waals surface area (Å²) < 4.78 is 5.50. The Morgan fingerprint density at radius 3 is 2.72 bits per heavy atom. The lowest BCUT2D eigenvalue weighted by Gasteiger charge is -2.23. The van der Waals surface area contributed by atoms with Gasteiger partial charge in [-0.3, -0.25) is 4.79 Å². The third kappa shape index (κ3) is 4.55. The van der Waals surface area contributed by atoms with Crippen LogP contribution < -0.4 is 4.74 Å². The lowest BCUT2D eigenvalue weighted by molar-refractivity contribution is -0.137. The standard InChI is InChI=1S/C13H18ClNO3/c1-9(16)8-15(3)13(17)10(2)18-12-6-4-5-11(14)7-12/h4-7,9-10,16H,8H2,1-3H3. The average Bonchev–Trinajstić information content (AvgIpc) is 2.27. The van der Waals surface area contributed by atoms with Gasteiger partial charge in [-0.1, -0.05) is 17.7 Å². The van der Waals surface area contributed by atoms with Crippen LogP contribution in [0.15, 0.2) is 24.3 Å². The van der Waals surface area contributed by atoms with Crippen molar-refractivity contribution < 1.29 is 14.6 Å². The maximum Gasteiger partial charge on any atom is 0.263 e. The van der Waals surface area contributed by atoms with E-state index in [9.17, 15) is 9.90 Å². The summed E-state index contributed by atoms with van der Waals surface area (Å²) >= 11 is 5.83. The van der Waals surface area contributed by atoms with E-state index in [1.165, 1.54) is 4.90 Å². The zero-order chi connectivity index (χ0) is 13.7. The topological polar surface area (TPSA) is 49.8 Å². The SMILES string of the molecule is CC(O)CN(C)C(=O)C(C)Oc1cccc(Cl)c1. The van der Waals surface area contributed by atoms with E-state index in [1.807, 2.05) is 0 Å². The van der Waals surface area contributed by atoms with Crippen LogP contribution in [0.5, 0.6) is 5.75 Å². The number of halogens is 1. The van der Waals surface area contributed by atoms with Crippen molar-refractivity contribution in [1.82, 2.24) is 4.90 Å². The van der Waals surface area contributed by atoms with Gasteiger partial charge in [0, 0.05) is 18.6 Å². The first-order valence-electron chi connectivity index (χ1n) is 5.75. The molecular weight excluding hydrogens is 254 g/mol. The molecule has 0 radical (unpaired) electrons. The van der Waals surface area contributed by atoms with Gasteiger partial charge in [0.2, 0.25) is 0 Å². The molecule has 0 spiro atoms. The molecule has 4 nitrogen and oxygen atoms in total. The second-order valence-electron chi connectivity index (χ2n) is 4.29. The van der Waals surface area contributed by atoms with Crippen molar-refractivity contribution >= 4 is 17.5 Å². The van der Waals surface area contributed by atoms with Gasteiger partial charge in [-0.05, 0) is 32.0 Å². The molecule has 5 heteroatoms. The predicted molar refractivity (Wildman–Crippen MR) is 70.9 cm³/mol. The molecule has 1 aromatic carbocycles. The van der Waals surface area contributed by atoms with E-state index >= 15 is 0 Å². The van der Waals surface area contributed by atoms with Crippen LogP contribution in [0, 0.1) is 0 Å². The molecule has 100 valence electrons. The molecule has 0 aromatic heterocycles. The number of carbonyl (C=O) groups excluding carboxylic acids is 1. The van der Waals surface area contributed by atoms with Gasteiger partial charge in [0.25, 0.3) is 5.91 Å². The second kappa shape index (κ2) is 6.61. The summed E-state index contributed by atoms with van der Waals surface area (Å²) in [4.78, 5) is 13.4. The number of hydrogen-bond donors (Lipinski definition) is 1. The average molecular weight is 272 g/mol. The van der Waals surface area contributed by atoms with Crippen molar-refractivity contribution in [3.8, 4) is 5.75 Å². The number of likely N-dealkylation sites (N-methyl/N-ethyl adjacent to an activating group) is 1. The first-order valence-corrected chi connectivity index (χ1v) is 6.13. The number of amides is 1. The van der Waals surface area contributed by atoms with E-state index < -0.39 is 12.2 Å². The Hall–Kier alpha value is -1.26. The molecule has 0 fully saturated rings. The Balaban J connectivity index is 2.59. The lowest BCUT2D eigenvalue weighted by atomic mass is 10.3. The van der Waals surface area contributed by atoms with Crippen LogP contribution in [-0.2, 0) is 4.79 Å². The molecule has 1 amide bonds. The minimum Gasteiger partial charge on any atom is -0.481 e. The second-order valence-corrected chi connectivity index (χ2v) is 4.72. The highest BCUT2D eigenvalue weighted by Gasteiger charge is 2.20. The number of aliphatic hydroxyl groups excluding tert-OH is 1. The van der Waals surface area contributed by atoms with E-state index in [-0.39, 0.29) is 12.5 Å². The molecule has 0 bridgehead atoms. The van der Waals surface area contributed by atoms with E-state index in [0.29, 0.717) is 10.8 Å².